The molecule has 2 aromatic carbocycles. The summed E-state index contributed by atoms with van der Waals surface area (Å²) in [5.74, 6) is 0.194. The summed E-state index contributed by atoms with van der Waals surface area (Å²) in [7, 11) is -2.41. The van der Waals surface area contributed by atoms with E-state index in [0.29, 0.717) is 35.8 Å². The van der Waals surface area contributed by atoms with Crippen LogP contribution in [-0.4, -0.2) is 44.9 Å². The highest BCUT2D eigenvalue weighted by molar-refractivity contribution is 7.89. The zero-order valence-electron chi connectivity index (χ0n) is 20.0. The third-order valence-electron chi connectivity index (χ3n) is 5.78. The number of nitrogens with zero attached hydrogens (tertiary/aromatic N) is 2. The molecule has 0 saturated heterocycles. The van der Waals surface area contributed by atoms with Gasteiger partial charge < -0.3 is 15.0 Å². The first kappa shape index (κ1) is 25.1. The number of rotatable bonds is 8. The Kier molecular flexibility index (Phi) is 7.11. The van der Waals surface area contributed by atoms with Gasteiger partial charge in [0.1, 0.15) is 11.8 Å². The van der Waals surface area contributed by atoms with Gasteiger partial charge in [-0.05, 0) is 60.7 Å². The molecule has 1 aliphatic rings. The minimum Gasteiger partial charge on any atom is -0.497 e. The van der Waals surface area contributed by atoms with Crippen LogP contribution >= 0.6 is 11.3 Å². The van der Waals surface area contributed by atoms with Gasteiger partial charge in [-0.3, -0.25) is 9.59 Å². The van der Waals surface area contributed by atoms with Crippen LogP contribution in [0.1, 0.15) is 32.8 Å². The van der Waals surface area contributed by atoms with Crippen molar-refractivity contribution in [1.82, 2.24) is 9.71 Å². The third-order valence-corrected chi connectivity index (χ3v) is 8.19. The first-order chi connectivity index (χ1) is 16.6. The summed E-state index contributed by atoms with van der Waals surface area (Å²) in [5.41, 5.74) is 2.23. The van der Waals surface area contributed by atoms with Crippen molar-refractivity contribution in [3.8, 4) is 5.75 Å². The molecule has 2 N–H and O–H groups in total. The number of anilines is 2. The second-order valence-electron chi connectivity index (χ2n) is 8.86. The highest BCUT2D eigenvalue weighted by Crippen LogP contribution is 2.31. The van der Waals surface area contributed by atoms with Crippen LogP contribution in [0.25, 0.3) is 10.2 Å². The lowest BCUT2D eigenvalue weighted by atomic mass is 10.0. The van der Waals surface area contributed by atoms with Crippen LogP contribution in [0.5, 0.6) is 5.75 Å². The summed E-state index contributed by atoms with van der Waals surface area (Å²) in [5, 5.41) is 3.15. The van der Waals surface area contributed by atoms with Gasteiger partial charge >= 0.3 is 0 Å². The zero-order chi connectivity index (χ0) is 25.3. The van der Waals surface area contributed by atoms with Gasteiger partial charge in [0.25, 0.3) is 0 Å². The van der Waals surface area contributed by atoms with Gasteiger partial charge in [-0.2, -0.15) is 4.72 Å². The van der Waals surface area contributed by atoms with Gasteiger partial charge in [0.2, 0.25) is 21.8 Å². The number of hydrogen-bond donors (Lipinski definition) is 2. The molecule has 1 aromatic heterocycles. The van der Waals surface area contributed by atoms with Gasteiger partial charge in [0.05, 0.1) is 22.2 Å². The van der Waals surface area contributed by atoms with E-state index in [-0.39, 0.29) is 16.7 Å². The molecule has 0 spiro atoms. The number of ether oxygens (including phenoxy) is 1. The number of methoxy groups -OCH3 is 1. The standard InChI is InChI=1S/C24H28N4O5S2/c1-14(2)11-20(23(30)26-24-25-19-7-5-17(33-4)13-22(19)34-24)27-35(31,32)18-6-8-21-16(12-18)9-10-28(21)15(3)29/h5-8,12-14,20,27H,9-11H2,1-4H3,(H,25,26,30)/t20-/m0/s1. The van der Waals surface area contributed by atoms with Crippen LogP contribution < -0.4 is 19.7 Å². The van der Waals surface area contributed by atoms with E-state index in [1.165, 1.54) is 24.3 Å². The molecule has 186 valence electrons. The minimum atomic E-state index is -3.98. The summed E-state index contributed by atoms with van der Waals surface area (Å²) >= 11 is 1.29. The molecule has 35 heavy (non-hydrogen) atoms. The highest BCUT2D eigenvalue weighted by Gasteiger charge is 2.29. The van der Waals surface area contributed by atoms with E-state index in [2.05, 4.69) is 15.0 Å². The molecule has 1 atom stereocenters. The lowest BCUT2D eigenvalue weighted by Crippen LogP contribution is -2.44. The summed E-state index contributed by atoms with van der Waals surface area (Å²) in [6.45, 7) is 5.85. The molecule has 3 aromatic rings. The highest BCUT2D eigenvalue weighted by atomic mass is 32.2. The fourth-order valence-corrected chi connectivity index (χ4v) is 6.24. The van der Waals surface area contributed by atoms with Crippen molar-refractivity contribution in [2.24, 2.45) is 5.92 Å². The molecule has 11 heteroatoms. The Balaban J connectivity index is 1.54. The fourth-order valence-electron chi connectivity index (χ4n) is 4.09. The van der Waals surface area contributed by atoms with Crippen LogP contribution in [0.15, 0.2) is 41.3 Å². The number of carbonyl (C=O) groups excluding carboxylic acids is 2. The third kappa shape index (κ3) is 5.47. The maximum Gasteiger partial charge on any atom is 0.244 e. The van der Waals surface area contributed by atoms with Crippen LogP contribution in [0, 0.1) is 5.92 Å². The zero-order valence-corrected chi connectivity index (χ0v) is 21.6. The summed E-state index contributed by atoms with van der Waals surface area (Å²) < 4.78 is 35.1. The van der Waals surface area contributed by atoms with Crippen LogP contribution in [0.4, 0.5) is 10.8 Å². The molecule has 0 unspecified atom stereocenters. The largest absolute Gasteiger partial charge is 0.497 e. The van der Waals surface area contributed by atoms with Crippen LogP contribution in [-0.2, 0) is 26.0 Å². The molecular formula is C24H28N4O5S2. The molecule has 4 rings (SSSR count). The number of hydrogen-bond acceptors (Lipinski definition) is 7. The maximum absolute atomic E-state index is 13.2. The molecule has 0 radical (unpaired) electrons. The predicted molar refractivity (Wildman–Crippen MR) is 137 cm³/mol. The SMILES string of the molecule is COc1ccc2nc(NC(=O)[C@H](CC(C)C)NS(=O)(=O)c3ccc4c(c3)CCN4C(C)=O)sc2c1. The normalized spacial score (nSPS) is 14.3. The van der Waals surface area contributed by atoms with Gasteiger partial charge in [0, 0.05) is 19.2 Å². The number of benzene rings is 2. The minimum absolute atomic E-state index is 0.0651. The van der Waals surface area contributed by atoms with Gasteiger partial charge in [0.15, 0.2) is 5.13 Å². The van der Waals surface area contributed by atoms with E-state index >= 15 is 0 Å². The summed E-state index contributed by atoms with van der Waals surface area (Å²) in [6.07, 6.45) is 0.892. The van der Waals surface area contributed by atoms with E-state index in [9.17, 15) is 18.0 Å². The first-order valence-electron chi connectivity index (χ1n) is 11.3. The van der Waals surface area contributed by atoms with Crippen molar-refractivity contribution >= 4 is 54.2 Å². The van der Waals surface area contributed by atoms with Crippen molar-refractivity contribution < 1.29 is 22.7 Å². The van der Waals surface area contributed by atoms with Crippen molar-refractivity contribution in [2.45, 2.75) is 44.6 Å². The summed E-state index contributed by atoms with van der Waals surface area (Å²) in [4.78, 5) is 31.0. The Morgan fingerprint density at radius 1 is 1.20 bits per heavy atom. The molecule has 2 amide bonds. The fraction of sp³-hybridized carbons (Fsp3) is 0.375. The molecule has 2 heterocycles. The smallest absolute Gasteiger partial charge is 0.244 e. The second kappa shape index (κ2) is 9.92. The van der Waals surface area contributed by atoms with E-state index in [1.807, 2.05) is 19.9 Å². The molecule has 0 aliphatic carbocycles. The van der Waals surface area contributed by atoms with E-state index in [1.54, 1.807) is 36.3 Å². The molecule has 0 saturated carbocycles. The monoisotopic (exact) mass is 516 g/mol. The van der Waals surface area contributed by atoms with Crippen LogP contribution in [0.2, 0.25) is 0 Å². The topological polar surface area (TPSA) is 118 Å². The Bertz CT molecular complexity index is 1380. The van der Waals surface area contributed by atoms with Gasteiger partial charge in [-0.15, -0.1) is 0 Å². The van der Waals surface area contributed by atoms with E-state index < -0.39 is 22.0 Å². The Morgan fingerprint density at radius 3 is 2.66 bits per heavy atom. The molecule has 0 fully saturated rings. The maximum atomic E-state index is 13.2. The number of nitrogens with one attached hydrogen (secondary N) is 2. The van der Waals surface area contributed by atoms with Crippen molar-refractivity contribution in [3.05, 3.63) is 42.0 Å². The second-order valence-corrected chi connectivity index (χ2v) is 11.6. The van der Waals surface area contributed by atoms with Gasteiger partial charge in [-0.25, -0.2) is 13.4 Å². The first-order valence-corrected chi connectivity index (χ1v) is 13.6. The van der Waals surface area contributed by atoms with Gasteiger partial charge in [-0.1, -0.05) is 25.2 Å². The number of fused-ring (bicyclic) bond motifs is 2. The molecular weight excluding hydrogens is 488 g/mol. The molecule has 0 bridgehead atoms. The average molecular weight is 517 g/mol. The van der Waals surface area contributed by atoms with E-state index in [4.69, 9.17) is 4.74 Å². The number of amides is 2. The number of sulfonamides is 1. The van der Waals surface area contributed by atoms with Crippen molar-refractivity contribution in [2.75, 3.05) is 23.9 Å². The van der Waals surface area contributed by atoms with Crippen molar-refractivity contribution in [3.63, 3.8) is 0 Å². The Labute approximate surface area is 208 Å². The number of aromatic nitrogens is 1. The average Bonchev–Trinajstić information content (AvgIpc) is 3.40. The Hall–Kier alpha value is -3.02. The summed E-state index contributed by atoms with van der Waals surface area (Å²) in [6, 6.07) is 9.12. The number of carbonyl (C=O) groups is 2. The number of thiazole rings is 1. The predicted octanol–water partition coefficient (Wildman–Crippen LogP) is 3.55. The molecule has 1 aliphatic heterocycles. The van der Waals surface area contributed by atoms with Crippen molar-refractivity contribution in [1.29, 1.82) is 0 Å². The Morgan fingerprint density at radius 2 is 1.97 bits per heavy atom. The van der Waals surface area contributed by atoms with E-state index in [0.717, 1.165) is 16.0 Å². The quantitative estimate of drug-likeness (QED) is 0.473. The lowest BCUT2D eigenvalue weighted by molar-refractivity contribution is -0.118. The lowest BCUT2D eigenvalue weighted by Gasteiger charge is -2.20. The molecule has 9 nitrogen and oxygen atoms in total. The van der Waals surface area contributed by atoms with Crippen LogP contribution in [0.3, 0.4) is 0 Å².